The van der Waals surface area contributed by atoms with E-state index in [0.29, 0.717) is 0 Å². The third-order valence-corrected chi connectivity index (χ3v) is 1.88. The summed E-state index contributed by atoms with van der Waals surface area (Å²) >= 11 is 0. The number of rotatable bonds is 7. The third kappa shape index (κ3) is 6.34. The second kappa shape index (κ2) is 7.80. The molecule has 0 aliphatic carbocycles. The monoisotopic (exact) mass is 184 g/mol. The largest absolute Gasteiger partial charge is 0.341 e. The molecular weight excluding hydrogens is 164 g/mol. The summed E-state index contributed by atoms with van der Waals surface area (Å²) in [6, 6.07) is 0. The minimum atomic E-state index is -0.0164. The summed E-state index contributed by atoms with van der Waals surface area (Å²) in [7, 11) is 1.78. The van der Waals surface area contributed by atoms with Gasteiger partial charge in [0.1, 0.15) is 0 Å². The van der Waals surface area contributed by atoms with E-state index < -0.39 is 0 Å². The minimum absolute atomic E-state index is 0.0164. The van der Waals surface area contributed by atoms with E-state index in [1.165, 1.54) is 18.9 Å². The normalized spacial score (nSPS) is 9.69. The Labute approximate surface area is 80.8 Å². The Morgan fingerprint density at radius 1 is 1.54 bits per heavy atom. The lowest BCUT2D eigenvalue weighted by atomic mass is 10.3. The molecule has 3 heteroatoms. The zero-order chi connectivity index (χ0) is 10.1. The van der Waals surface area contributed by atoms with Crippen LogP contribution in [0.15, 0.2) is 12.7 Å². The molecule has 0 aliphatic heterocycles. The second-order valence-corrected chi connectivity index (χ2v) is 3.07. The fourth-order valence-electron chi connectivity index (χ4n) is 0.940. The van der Waals surface area contributed by atoms with E-state index in [9.17, 15) is 4.79 Å². The average Bonchev–Trinajstić information content (AvgIpc) is 2.16. The maximum Gasteiger partial charge on any atom is 0.245 e. The van der Waals surface area contributed by atoms with Gasteiger partial charge in [0.25, 0.3) is 0 Å². The third-order valence-electron chi connectivity index (χ3n) is 1.88. The summed E-state index contributed by atoms with van der Waals surface area (Å²) in [4.78, 5) is 12.7. The van der Waals surface area contributed by atoms with Gasteiger partial charge in [-0.3, -0.25) is 4.79 Å². The maximum atomic E-state index is 11.0. The first-order valence-corrected chi connectivity index (χ1v) is 4.80. The minimum Gasteiger partial charge on any atom is -0.341 e. The molecule has 0 unspecified atom stereocenters. The molecule has 76 valence electrons. The first kappa shape index (κ1) is 12.2. The van der Waals surface area contributed by atoms with Crippen molar-refractivity contribution in [3.63, 3.8) is 0 Å². The summed E-state index contributed by atoms with van der Waals surface area (Å²) < 4.78 is 0. The lowest BCUT2D eigenvalue weighted by molar-refractivity contribution is -0.124. The van der Waals surface area contributed by atoms with Crippen molar-refractivity contribution < 1.29 is 4.79 Å². The van der Waals surface area contributed by atoms with Crippen LogP contribution in [0.1, 0.15) is 19.8 Å². The van der Waals surface area contributed by atoms with Crippen molar-refractivity contribution in [1.82, 2.24) is 10.2 Å². The lowest BCUT2D eigenvalue weighted by Gasteiger charge is -2.14. The highest BCUT2D eigenvalue weighted by Gasteiger charge is 2.01. The SMILES string of the molecule is C=CC(=O)N(C)CCNCCCC. The van der Waals surface area contributed by atoms with Gasteiger partial charge in [0.15, 0.2) is 0 Å². The highest BCUT2D eigenvalue weighted by molar-refractivity contribution is 5.86. The molecule has 0 bridgehead atoms. The maximum absolute atomic E-state index is 11.0. The first-order valence-electron chi connectivity index (χ1n) is 4.80. The van der Waals surface area contributed by atoms with Gasteiger partial charge in [-0.15, -0.1) is 0 Å². The van der Waals surface area contributed by atoms with Gasteiger partial charge >= 0.3 is 0 Å². The summed E-state index contributed by atoms with van der Waals surface area (Å²) in [6.45, 7) is 8.23. The fraction of sp³-hybridized carbons (Fsp3) is 0.700. The molecule has 0 heterocycles. The molecule has 13 heavy (non-hydrogen) atoms. The van der Waals surface area contributed by atoms with E-state index in [1.807, 2.05) is 0 Å². The molecule has 0 aromatic carbocycles. The summed E-state index contributed by atoms with van der Waals surface area (Å²) in [5.74, 6) is -0.0164. The number of unbranched alkanes of at least 4 members (excludes halogenated alkanes) is 1. The highest BCUT2D eigenvalue weighted by Crippen LogP contribution is 1.85. The molecule has 0 rings (SSSR count). The van der Waals surface area contributed by atoms with Gasteiger partial charge in [-0.1, -0.05) is 19.9 Å². The molecule has 0 radical (unpaired) electrons. The van der Waals surface area contributed by atoms with E-state index in [0.717, 1.165) is 19.6 Å². The molecule has 0 atom stereocenters. The van der Waals surface area contributed by atoms with Crippen molar-refractivity contribution in [2.24, 2.45) is 0 Å². The van der Waals surface area contributed by atoms with Crippen LogP contribution in [-0.4, -0.2) is 37.5 Å². The molecule has 0 fully saturated rings. The molecule has 0 aromatic heterocycles. The molecule has 0 spiro atoms. The van der Waals surface area contributed by atoms with Crippen molar-refractivity contribution in [2.75, 3.05) is 26.7 Å². The Hall–Kier alpha value is -0.830. The quantitative estimate of drug-likeness (QED) is 0.473. The van der Waals surface area contributed by atoms with Crippen LogP contribution in [0.2, 0.25) is 0 Å². The van der Waals surface area contributed by atoms with Gasteiger partial charge in [0, 0.05) is 20.1 Å². The number of nitrogens with zero attached hydrogens (tertiary/aromatic N) is 1. The molecule has 0 aliphatic rings. The van der Waals surface area contributed by atoms with Crippen LogP contribution in [0.25, 0.3) is 0 Å². The van der Waals surface area contributed by atoms with Gasteiger partial charge < -0.3 is 10.2 Å². The Balaban J connectivity index is 3.31. The van der Waals surface area contributed by atoms with Gasteiger partial charge in [0.05, 0.1) is 0 Å². The van der Waals surface area contributed by atoms with Crippen LogP contribution in [0.4, 0.5) is 0 Å². The van der Waals surface area contributed by atoms with Gasteiger partial charge in [-0.25, -0.2) is 0 Å². The van der Waals surface area contributed by atoms with Crippen molar-refractivity contribution >= 4 is 5.91 Å². The number of hydrogen-bond acceptors (Lipinski definition) is 2. The van der Waals surface area contributed by atoms with Gasteiger partial charge in [-0.05, 0) is 19.0 Å². The van der Waals surface area contributed by atoms with E-state index >= 15 is 0 Å². The standard InChI is InChI=1S/C10H20N2O/c1-4-6-7-11-8-9-12(3)10(13)5-2/h5,11H,2,4,6-9H2,1,3H3. The molecular formula is C10H20N2O. The molecule has 1 amide bonds. The summed E-state index contributed by atoms with van der Waals surface area (Å²) in [6.07, 6.45) is 3.74. The number of nitrogens with one attached hydrogen (secondary N) is 1. The number of likely N-dealkylation sites (N-methyl/N-ethyl adjacent to an activating group) is 1. The number of hydrogen-bond donors (Lipinski definition) is 1. The van der Waals surface area contributed by atoms with Crippen LogP contribution < -0.4 is 5.32 Å². The predicted octanol–water partition coefficient (Wildman–Crippen LogP) is 1.02. The van der Waals surface area contributed by atoms with Crippen molar-refractivity contribution in [3.05, 3.63) is 12.7 Å². The molecule has 0 saturated carbocycles. The lowest BCUT2D eigenvalue weighted by Crippen LogP contribution is -2.33. The van der Waals surface area contributed by atoms with Crippen molar-refractivity contribution in [2.45, 2.75) is 19.8 Å². The summed E-state index contributed by atoms with van der Waals surface area (Å²) in [5, 5.41) is 3.27. The smallest absolute Gasteiger partial charge is 0.245 e. The van der Waals surface area contributed by atoms with Crippen molar-refractivity contribution in [1.29, 1.82) is 0 Å². The number of carbonyl (C=O) groups excluding carboxylic acids is 1. The topological polar surface area (TPSA) is 32.3 Å². The van der Waals surface area contributed by atoms with Crippen LogP contribution in [0.5, 0.6) is 0 Å². The molecule has 0 aromatic rings. The Morgan fingerprint density at radius 3 is 2.77 bits per heavy atom. The van der Waals surface area contributed by atoms with E-state index in [4.69, 9.17) is 0 Å². The van der Waals surface area contributed by atoms with E-state index in [2.05, 4.69) is 18.8 Å². The van der Waals surface area contributed by atoms with Crippen LogP contribution in [0, 0.1) is 0 Å². The zero-order valence-corrected chi connectivity index (χ0v) is 8.68. The second-order valence-electron chi connectivity index (χ2n) is 3.07. The number of carbonyl (C=O) groups is 1. The molecule has 0 saturated heterocycles. The van der Waals surface area contributed by atoms with E-state index in [-0.39, 0.29) is 5.91 Å². The fourth-order valence-corrected chi connectivity index (χ4v) is 0.940. The molecule has 1 N–H and O–H groups in total. The van der Waals surface area contributed by atoms with Crippen LogP contribution in [0.3, 0.4) is 0 Å². The highest BCUT2D eigenvalue weighted by atomic mass is 16.2. The van der Waals surface area contributed by atoms with Gasteiger partial charge in [0.2, 0.25) is 5.91 Å². The molecule has 3 nitrogen and oxygen atoms in total. The van der Waals surface area contributed by atoms with Crippen LogP contribution >= 0.6 is 0 Å². The Morgan fingerprint density at radius 2 is 2.23 bits per heavy atom. The summed E-state index contributed by atoms with van der Waals surface area (Å²) in [5.41, 5.74) is 0. The first-order chi connectivity index (χ1) is 6.22. The van der Waals surface area contributed by atoms with Crippen LogP contribution in [-0.2, 0) is 4.79 Å². The average molecular weight is 184 g/mol. The Bertz CT molecular complexity index is 157. The predicted molar refractivity (Wildman–Crippen MR) is 55.6 cm³/mol. The van der Waals surface area contributed by atoms with Crippen molar-refractivity contribution in [3.8, 4) is 0 Å². The van der Waals surface area contributed by atoms with E-state index in [1.54, 1.807) is 11.9 Å². The van der Waals surface area contributed by atoms with Gasteiger partial charge in [-0.2, -0.15) is 0 Å². The number of amides is 1. The zero-order valence-electron chi connectivity index (χ0n) is 8.68. The Kier molecular flexibility index (Phi) is 7.30.